The maximum absolute atomic E-state index is 11.4. The Morgan fingerprint density at radius 1 is 0.727 bits per heavy atom. The number of benzene rings is 2. The van der Waals surface area contributed by atoms with E-state index in [0.29, 0.717) is 24.2 Å². The zero-order valence-corrected chi connectivity index (χ0v) is 12.1. The maximum Gasteiger partial charge on any atom is 2.00 e. The van der Waals surface area contributed by atoms with Gasteiger partial charge in [-0.1, -0.05) is 48.5 Å². The molecule has 0 amide bonds. The van der Waals surface area contributed by atoms with Crippen molar-refractivity contribution in [2.75, 3.05) is 13.1 Å². The Labute approximate surface area is 133 Å². The zero-order chi connectivity index (χ0) is 14.2. The summed E-state index contributed by atoms with van der Waals surface area (Å²) in [5, 5.41) is 22.8. The number of hydrogen-bond donors (Lipinski definition) is 0. The summed E-state index contributed by atoms with van der Waals surface area (Å²) in [5.74, 6) is -0.0833. The van der Waals surface area contributed by atoms with Crippen LogP contribution in [-0.2, 0) is 0 Å². The van der Waals surface area contributed by atoms with Gasteiger partial charge in [-0.25, -0.2) is 0 Å². The molecule has 0 bridgehead atoms. The molecular weight excluding hydrogens is 277 g/mol. The van der Waals surface area contributed by atoms with Crippen molar-refractivity contribution in [1.29, 1.82) is 0 Å². The van der Waals surface area contributed by atoms with E-state index < -0.39 is 0 Å². The van der Waals surface area contributed by atoms with E-state index in [-0.39, 0.29) is 27.1 Å². The topological polar surface area (TPSA) is 102 Å². The minimum absolute atomic E-state index is 0. The molecule has 0 aliphatic heterocycles. The van der Waals surface area contributed by atoms with Crippen LogP contribution in [0.15, 0.2) is 58.5 Å². The van der Waals surface area contributed by atoms with Gasteiger partial charge in [-0.3, -0.25) is 9.98 Å². The average Bonchev–Trinajstić information content (AvgIpc) is 2.46. The monoisotopic (exact) mass is 293 g/mol. The van der Waals surface area contributed by atoms with Gasteiger partial charge in [-0.05, 0) is 11.1 Å². The quantitative estimate of drug-likeness (QED) is 0.445. The van der Waals surface area contributed by atoms with Gasteiger partial charge in [0.15, 0.2) is 0 Å². The third kappa shape index (κ3) is 5.87. The Kier molecular flexibility index (Phi) is 9.10. The first-order valence-electron chi connectivity index (χ1n) is 6.29. The van der Waals surface area contributed by atoms with Gasteiger partial charge < -0.3 is 15.7 Å². The zero-order valence-electron chi connectivity index (χ0n) is 12.1. The number of para-hydroxylation sites is 2. The van der Waals surface area contributed by atoms with Crippen LogP contribution in [0.25, 0.3) is 0 Å². The number of rotatable bonds is 5. The molecule has 0 aliphatic rings. The van der Waals surface area contributed by atoms with E-state index in [2.05, 4.69) is 9.98 Å². The van der Waals surface area contributed by atoms with Gasteiger partial charge in [0.1, 0.15) is 0 Å². The Balaban J connectivity index is 0.00000220. The number of aliphatic imine (C=N–C) groups is 2. The molecule has 110 valence electrons. The minimum atomic E-state index is -0.0416. The second-order valence-electron chi connectivity index (χ2n) is 4.15. The van der Waals surface area contributed by atoms with Crippen LogP contribution in [0, 0.1) is 0 Å². The molecule has 0 saturated heterocycles. The van der Waals surface area contributed by atoms with E-state index in [1.807, 2.05) is 0 Å². The molecule has 0 fully saturated rings. The summed E-state index contributed by atoms with van der Waals surface area (Å²) in [7, 11) is 0. The van der Waals surface area contributed by atoms with Crippen molar-refractivity contribution in [2.24, 2.45) is 9.98 Å². The first-order valence-corrected chi connectivity index (χ1v) is 6.29. The summed E-state index contributed by atoms with van der Waals surface area (Å²) in [6.45, 7) is 0.956. The molecule has 0 spiro atoms. The van der Waals surface area contributed by atoms with E-state index in [4.69, 9.17) is 0 Å². The Hall–Kier alpha value is -2.49. The molecule has 2 aromatic rings. The summed E-state index contributed by atoms with van der Waals surface area (Å²) in [6, 6.07) is 13.5. The normalized spacial score (nSPS) is 10.4. The van der Waals surface area contributed by atoms with Crippen LogP contribution in [0.1, 0.15) is 11.1 Å². The number of hydrogen-bond acceptors (Lipinski definition) is 4. The Morgan fingerprint density at radius 2 is 1.09 bits per heavy atom. The van der Waals surface area contributed by atoms with Crippen LogP contribution in [0.4, 0.5) is 0 Å². The fourth-order valence-electron chi connectivity index (χ4n) is 1.62. The largest absolute Gasteiger partial charge is 2.00 e. The molecule has 0 atom stereocenters. The van der Waals surface area contributed by atoms with Crippen molar-refractivity contribution < 1.29 is 15.7 Å². The average molecular weight is 293 g/mol. The van der Waals surface area contributed by atoms with E-state index in [1.54, 1.807) is 48.8 Å². The summed E-state index contributed by atoms with van der Waals surface area (Å²) in [4.78, 5) is 8.28. The predicted molar refractivity (Wildman–Crippen MR) is 86.1 cm³/mol. The van der Waals surface area contributed by atoms with Crippen LogP contribution in [0.2, 0.25) is 0 Å². The summed E-state index contributed by atoms with van der Waals surface area (Å²) >= 11 is 0. The molecule has 0 heterocycles. The third-order valence-electron chi connectivity index (χ3n) is 2.66. The Morgan fingerprint density at radius 3 is 1.45 bits per heavy atom. The molecular formula is C16H16BeN2O3. The smallest absolute Gasteiger partial charge is 0.872 e. The summed E-state index contributed by atoms with van der Waals surface area (Å²) in [6.07, 6.45) is 3.11. The van der Waals surface area contributed by atoms with Gasteiger partial charge in [-0.2, -0.15) is 0 Å². The van der Waals surface area contributed by atoms with Crippen molar-refractivity contribution in [2.45, 2.75) is 0 Å². The molecule has 0 aliphatic carbocycles. The van der Waals surface area contributed by atoms with Crippen LogP contribution >= 0.6 is 0 Å². The van der Waals surface area contributed by atoms with E-state index in [1.165, 1.54) is 12.1 Å². The molecule has 0 radical (unpaired) electrons. The van der Waals surface area contributed by atoms with Crippen LogP contribution in [-0.4, -0.2) is 41.1 Å². The first-order chi connectivity index (χ1) is 9.77. The van der Waals surface area contributed by atoms with E-state index >= 15 is 0 Å². The van der Waals surface area contributed by atoms with Gasteiger partial charge in [-0.15, -0.1) is 11.5 Å². The first kappa shape index (κ1) is 19.5. The van der Waals surface area contributed by atoms with Crippen LogP contribution in [0.3, 0.4) is 0 Å². The SMILES string of the molecule is O.[Be+2].[O-]c1ccccc1C=NCCN=Cc1ccccc1[O-]. The Bertz CT molecular complexity index is 575. The second-order valence-corrected chi connectivity index (χ2v) is 4.15. The maximum atomic E-state index is 11.4. The van der Waals surface area contributed by atoms with Gasteiger partial charge in [0.05, 0.1) is 13.1 Å². The van der Waals surface area contributed by atoms with Crippen molar-refractivity contribution >= 4 is 22.6 Å². The van der Waals surface area contributed by atoms with Crippen molar-refractivity contribution in [3.05, 3.63) is 59.7 Å². The fraction of sp³-hybridized carbons (Fsp3) is 0.125. The summed E-state index contributed by atoms with van der Waals surface area (Å²) in [5.41, 5.74) is 1.14. The van der Waals surface area contributed by atoms with Crippen molar-refractivity contribution in [3.8, 4) is 11.5 Å². The summed E-state index contributed by atoms with van der Waals surface area (Å²) < 4.78 is 0. The molecule has 0 saturated carbocycles. The van der Waals surface area contributed by atoms with Gasteiger partial charge in [0.25, 0.3) is 0 Å². The van der Waals surface area contributed by atoms with Crippen molar-refractivity contribution in [3.63, 3.8) is 0 Å². The molecule has 6 heteroatoms. The van der Waals surface area contributed by atoms with E-state index in [0.717, 1.165) is 0 Å². The van der Waals surface area contributed by atoms with Gasteiger partial charge >= 0.3 is 10.1 Å². The standard InChI is InChI=1S/C16H16N2O2.Be.H2O/c19-15-7-3-1-5-13(15)11-17-9-10-18-12-14-6-2-4-8-16(14)20;;/h1-8,11-12,19-20H,9-10H2;;1H2/q;+2;/p-2. The van der Waals surface area contributed by atoms with Gasteiger partial charge in [0.2, 0.25) is 0 Å². The van der Waals surface area contributed by atoms with Crippen molar-refractivity contribution in [1.82, 2.24) is 0 Å². The molecule has 22 heavy (non-hydrogen) atoms. The van der Waals surface area contributed by atoms with Crippen LogP contribution < -0.4 is 10.2 Å². The molecule has 2 N–H and O–H groups in total. The van der Waals surface area contributed by atoms with Gasteiger partial charge in [0, 0.05) is 12.4 Å². The minimum Gasteiger partial charge on any atom is -0.872 e. The molecule has 0 aromatic heterocycles. The molecule has 5 nitrogen and oxygen atoms in total. The third-order valence-corrected chi connectivity index (χ3v) is 2.66. The number of nitrogens with zero attached hydrogens (tertiary/aromatic N) is 2. The molecule has 2 rings (SSSR count). The predicted octanol–water partition coefficient (Wildman–Crippen LogP) is 0.166. The fourth-order valence-corrected chi connectivity index (χ4v) is 1.62. The molecule has 0 unspecified atom stereocenters. The second kappa shape index (κ2) is 10.3. The molecule has 2 aromatic carbocycles. The van der Waals surface area contributed by atoms with E-state index in [9.17, 15) is 10.2 Å². The van der Waals surface area contributed by atoms with Crippen LogP contribution in [0.5, 0.6) is 11.5 Å².